The number of benzene rings is 2. The minimum absolute atomic E-state index is 0.0516. The van der Waals surface area contributed by atoms with Crippen molar-refractivity contribution in [1.82, 2.24) is 5.43 Å². The van der Waals surface area contributed by atoms with Crippen LogP contribution in [0.25, 0.3) is 0 Å². The number of nitrogens with one attached hydrogen (secondary N) is 1. The van der Waals surface area contributed by atoms with Gasteiger partial charge in [0.25, 0.3) is 0 Å². The minimum atomic E-state index is 0.0516. The Hall–Kier alpha value is -0.140. The molecule has 0 aromatic heterocycles. The monoisotopic (exact) mass is 450 g/mol. The molecule has 0 saturated carbocycles. The predicted molar refractivity (Wildman–Crippen MR) is 92.1 cm³/mol. The van der Waals surface area contributed by atoms with Crippen molar-refractivity contribution in [2.45, 2.75) is 12.5 Å². The van der Waals surface area contributed by atoms with Crippen molar-refractivity contribution < 1.29 is 0 Å². The molecule has 0 aliphatic rings. The van der Waals surface area contributed by atoms with Gasteiger partial charge in [-0.25, -0.2) is 0 Å². The zero-order chi connectivity index (χ0) is 13.8. The van der Waals surface area contributed by atoms with Crippen LogP contribution in [-0.2, 0) is 6.42 Å². The second-order valence-corrected chi connectivity index (χ2v) is 6.78. The van der Waals surface area contributed by atoms with Gasteiger partial charge in [-0.3, -0.25) is 11.3 Å². The molecule has 2 rings (SSSR count). The number of hydrazine groups is 1. The first-order valence-electron chi connectivity index (χ1n) is 5.75. The fourth-order valence-corrected chi connectivity index (χ4v) is 2.99. The highest BCUT2D eigenvalue weighted by Crippen LogP contribution is 2.26. The Kier molecular flexibility index (Phi) is 5.65. The van der Waals surface area contributed by atoms with E-state index in [-0.39, 0.29) is 6.04 Å². The first-order chi connectivity index (χ1) is 9.10. The summed E-state index contributed by atoms with van der Waals surface area (Å²) in [7, 11) is 0. The van der Waals surface area contributed by atoms with Gasteiger partial charge in [0, 0.05) is 13.1 Å². The lowest BCUT2D eigenvalue weighted by Gasteiger charge is -2.17. The molecule has 2 nitrogen and oxygen atoms in total. The van der Waals surface area contributed by atoms with Crippen molar-refractivity contribution in [3.8, 4) is 0 Å². The molecule has 0 fully saturated rings. The summed E-state index contributed by atoms with van der Waals surface area (Å²) in [6, 6.07) is 14.3. The third kappa shape index (κ3) is 4.16. The SMILES string of the molecule is NNC(Cc1ccc(Br)cc1Cl)c1ccc(I)cc1. The van der Waals surface area contributed by atoms with E-state index in [0.717, 1.165) is 27.0 Å². The average Bonchev–Trinajstić information content (AvgIpc) is 2.39. The molecular formula is C14H13BrClIN2. The molecule has 2 aromatic carbocycles. The van der Waals surface area contributed by atoms with E-state index in [4.69, 9.17) is 17.4 Å². The molecule has 0 bridgehead atoms. The lowest BCUT2D eigenvalue weighted by atomic mass is 9.99. The third-order valence-corrected chi connectivity index (χ3v) is 4.48. The van der Waals surface area contributed by atoms with Crippen LogP contribution in [0.1, 0.15) is 17.2 Å². The van der Waals surface area contributed by atoms with Crippen molar-refractivity contribution in [2.75, 3.05) is 0 Å². The maximum absolute atomic E-state index is 6.24. The Labute approximate surface area is 140 Å². The Balaban J connectivity index is 2.21. The highest BCUT2D eigenvalue weighted by Gasteiger charge is 2.12. The molecule has 0 amide bonds. The summed E-state index contributed by atoms with van der Waals surface area (Å²) in [5, 5.41) is 0.750. The Morgan fingerprint density at radius 2 is 1.89 bits per heavy atom. The summed E-state index contributed by atoms with van der Waals surface area (Å²) in [5.74, 6) is 5.67. The van der Waals surface area contributed by atoms with Gasteiger partial charge in [-0.05, 0) is 64.4 Å². The smallest absolute Gasteiger partial charge is 0.0500 e. The van der Waals surface area contributed by atoms with Gasteiger partial charge in [0.15, 0.2) is 0 Å². The van der Waals surface area contributed by atoms with Crippen molar-refractivity contribution in [1.29, 1.82) is 0 Å². The normalized spacial score (nSPS) is 12.4. The zero-order valence-electron chi connectivity index (χ0n) is 10.0. The first kappa shape index (κ1) is 15.3. The number of hydrogen-bond donors (Lipinski definition) is 2. The molecule has 0 saturated heterocycles. The van der Waals surface area contributed by atoms with Gasteiger partial charge in [-0.15, -0.1) is 0 Å². The second kappa shape index (κ2) is 7.04. The number of halogens is 3. The number of rotatable bonds is 4. The molecule has 1 unspecified atom stereocenters. The van der Waals surface area contributed by atoms with Crippen LogP contribution < -0.4 is 11.3 Å². The van der Waals surface area contributed by atoms with E-state index in [1.165, 1.54) is 3.57 Å². The maximum Gasteiger partial charge on any atom is 0.0500 e. The van der Waals surface area contributed by atoms with Crippen LogP contribution in [-0.4, -0.2) is 0 Å². The lowest BCUT2D eigenvalue weighted by Crippen LogP contribution is -2.29. The molecule has 19 heavy (non-hydrogen) atoms. The van der Waals surface area contributed by atoms with Crippen LogP contribution >= 0.6 is 50.1 Å². The topological polar surface area (TPSA) is 38.0 Å². The van der Waals surface area contributed by atoms with E-state index in [2.05, 4.69) is 68.2 Å². The van der Waals surface area contributed by atoms with E-state index in [1.807, 2.05) is 18.2 Å². The van der Waals surface area contributed by atoms with Gasteiger partial charge < -0.3 is 0 Å². The molecule has 0 spiro atoms. The molecule has 1 atom stereocenters. The largest absolute Gasteiger partial charge is 0.271 e. The average molecular weight is 452 g/mol. The van der Waals surface area contributed by atoms with Crippen LogP contribution in [0.3, 0.4) is 0 Å². The first-order valence-corrected chi connectivity index (χ1v) is 8.00. The van der Waals surface area contributed by atoms with Crippen molar-refractivity contribution in [3.63, 3.8) is 0 Å². The van der Waals surface area contributed by atoms with Gasteiger partial charge in [0.1, 0.15) is 0 Å². The van der Waals surface area contributed by atoms with Crippen molar-refractivity contribution in [2.24, 2.45) is 5.84 Å². The quantitative estimate of drug-likeness (QED) is 0.409. The third-order valence-electron chi connectivity index (χ3n) is 2.91. The van der Waals surface area contributed by atoms with E-state index in [1.54, 1.807) is 0 Å². The minimum Gasteiger partial charge on any atom is -0.271 e. The molecule has 0 aliphatic carbocycles. The van der Waals surface area contributed by atoms with E-state index in [9.17, 15) is 0 Å². The Morgan fingerprint density at radius 1 is 1.21 bits per heavy atom. The zero-order valence-corrected chi connectivity index (χ0v) is 14.5. The summed E-state index contributed by atoms with van der Waals surface area (Å²) >= 11 is 11.9. The van der Waals surface area contributed by atoms with Gasteiger partial charge in [0.05, 0.1) is 6.04 Å². The maximum atomic E-state index is 6.24. The molecule has 0 radical (unpaired) electrons. The Bertz CT molecular complexity index is 560. The number of hydrogen-bond acceptors (Lipinski definition) is 2. The summed E-state index contributed by atoms with van der Waals surface area (Å²) in [4.78, 5) is 0. The molecule has 5 heteroatoms. The Morgan fingerprint density at radius 3 is 2.47 bits per heavy atom. The van der Waals surface area contributed by atoms with Gasteiger partial charge in [-0.1, -0.05) is 45.7 Å². The van der Waals surface area contributed by atoms with Crippen LogP contribution in [0.15, 0.2) is 46.9 Å². The molecule has 3 N–H and O–H groups in total. The highest BCUT2D eigenvalue weighted by molar-refractivity contribution is 14.1. The van der Waals surface area contributed by atoms with Gasteiger partial charge in [-0.2, -0.15) is 0 Å². The van der Waals surface area contributed by atoms with E-state index >= 15 is 0 Å². The summed E-state index contributed by atoms with van der Waals surface area (Å²) in [6.45, 7) is 0. The van der Waals surface area contributed by atoms with E-state index in [0.29, 0.717) is 0 Å². The molecule has 0 aliphatic heterocycles. The van der Waals surface area contributed by atoms with E-state index < -0.39 is 0 Å². The van der Waals surface area contributed by atoms with Crippen molar-refractivity contribution >= 4 is 50.1 Å². The van der Waals surface area contributed by atoms with Crippen LogP contribution in [0.4, 0.5) is 0 Å². The number of nitrogens with two attached hydrogens (primary N) is 1. The summed E-state index contributed by atoms with van der Waals surface area (Å²) in [6.07, 6.45) is 0.753. The van der Waals surface area contributed by atoms with Gasteiger partial charge in [0.2, 0.25) is 0 Å². The van der Waals surface area contributed by atoms with Crippen LogP contribution in [0.5, 0.6) is 0 Å². The standard InChI is InChI=1S/C14H13BrClIN2/c15-11-4-1-10(13(16)8-11)7-14(19-18)9-2-5-12(17)6-3-9/h1-6,8,14,19H,7,18H2. The summed E-state index contributed by atoms with van der Waals surface area (Å²) < 4.78 is 2.19. The molecule has 2 aromatic rings. The van der Waals surface area contributed by atoms with Gasteiger partial charge >= 0.3 is 0 Å². The molecule has 100 valence electrons. The predicted octanol–water partition coefficient (Wildman–Crippen LogP) is 4.45. The highest BCUT2D eigenvalue weighted by atomic mass is 127. The van der Waals surface area contributed by atoms with Crippen LogP contribution in [0.2, 0.25) is 5.02 Å². The molecular weight excluding hydrogens is 438 g/mol. The lowest BCUT2D eigenvalue weighted by molar-refractivity contribution is 0.552. The van der Waals surface area contributed by atoms with Crippen LogP contribution in [0, 0.1) is 3.57 Å². The van der Waals surface area contributed by atoms with Crippen molar-refractivity contribution in [3.05, 3.63) is 66.7 Å². The summed E-state index contributed by atoms with van der Waals surface area (Å²) in [5.41, 5.74) is 5.09. The molecule has 0 heterocycles. The second-order valence-electron chi connectivity index (χ2n) is 4.21. The fourth-order valence-electron chi connectivity index (χ4n) is 1.88. The fraction of sp³-hybridized carbons (Fsp3) is 0.143.